The van der Waals surface area contributed by atoms with Crippen molar-refractivity contribution in [2.45, 2.75) is 18.9 Å². The molecule has 1 fully saturated rings. The molecule has 1 saturated heterocycles. The van der Waals surface area contributed by atoms with E-state index in [2.05, 4.69) is 10.3 Å². The molecule has 15 heavy (non-hydrogen) atoms. The fourth-order valence-electron chi connectivity index (χ4n) is 1.94. The molecular weight excluding hydrogens is 192 g/mol. The lowest BCUT2D eigenvalue weighted by Crippen LogP contribution is -2.14. The maximum absolute atomic E-state index is 5.30. The molecule has 2 heterocycles. The summed E-state index contributed by atoms with van der Waals surface area (Å²) in [5.74, 6) is 1.47. The minimum Gasteiger partial charge on any atom is -0.495 e. The van der Waals surface area contributed by atoms with Gasteiger partial charge in [-0.05, 0) is 19.4 Å². The van der Waals surface area contributed by atoms with Crippen LogP contribution in [0.3, 0.4) is 0 Å². The lowest BCUT2D eigenvalue weighted by atomic mass is 10.1. The summed E-state index contributed by atoms with van der Waals surface area (Å²) in [7, 11) is 3.29. The van der Waals surface area contributed by atoms with Crippen molar-refractivity contribution in [3.8, 4) is 11.6 Å². The van der Waals surface area contributed by atoms with Crippen molar-refractivity contribution in [2.24, 2.45) is 0 Å². The van der Waals surface area contributed by atoms with Crippen molar-refractivity contribution in [3.05, 3.63) is 17.8 Å². The van der Waals surface area contributed by atoms with Crippen LogP contribution in [0.2, 0.25) is 0 Å². The molecule has 82 valence electrons. The van der Waals surface area contributed by atoms with Crippen LogP contribution in [-0.2, 0) is 0 Å². The van der Waals surface area contributed by atoms with E-state index in [1.165, 1.54) is 6.42 Å². The first kappa shape index (κ1) is 10.2. The molecule has 2 rings (SSSR count). The molecule has 0 aliphatic carbocycles. The molecule has 4 heteroatoms. The van der Waals surface area contributed by atoms with Gasteiger partial charge in [-0.1, -0.05) is 0 Å². The second kappa shape index (κ2) is 4.49. The number of pyridine rings is 1. The molecule has 1 unspecified atom stereocenters. The minimum absolute atomic E-state index is 0.372. The molecule has 0 bridgehead atoms. The summed E-state index contributed by atoms with van der Waals surface area (Å²) in [6.07, 6.45) is 4.07. The largest absolute Gasteiger partial charge is 0.495 e. The van der Waals surface area contributed by atoms with Gasteiger partial charge in [-0.2, -0.15) is 0 Å². The average molecular weight is 208 g/mol. The second-order valence-corrected chi connectivity index (χ2v) is 3.62. The van der Waals surface area contributed by atoms with E-state index in [0.29, 0.717) is 11.9 Å². The van der Waals surface area contributed by atoms with Gasteiger partial charge >= 0.3 is 0 Å². The van der Waals surface area contributed by atoms with E-state index in [1.807, 2.05) is 6.07 Å². The van der Waals surface area contributed by atoms with Crippen LogP contribution in [0.25, 0.3) is 0 Å². The molecule has 1 aliphatic rings. The van der Waals surface area contributed by atoms with Gasteiger partial charge in [-0.15, -0.1) is 0 Å². The Morgan fingerprint density at radius 3 is 2.87 bits per heavy atom. The van der Waals surface area contributed by atoms with E-state index in [9.17, 15) is 0 Å². The molecule has 1 aromatic rings. The summed E-state index contributed by atoms with van der Waals surface area (Å²) in [5.41, 5.74) is 1.14. The Morgan fingerprint density at radius 2 is 2.27 bits per heavy atom. The van der Waals surface area contributed by atoms with Crippen LogP contribution in [0.5, 0.6) is 11.6 Å². The highest BCUT2D eigenvalue weighted by atomic mass is 16.5. The SMILES string of the molecule is COc1cc(C2CCCN2)c(OC)cn1. The van der Waals surface area contributed by atoms with Crippen LogP contribution < -0.4 is 14.8 Å². The van der Waals surface area contributed by atoms with E-state index in [0.717, 1.165) is 24.3 Å². The quantitative estimate of drug-likeness (QED) is 0.818. The van der Waals surface area contributed by atoms with Crippen molar-refractivity contribution >= 4 is 0 Å². The summed E-state index contributed by atoms with van der Waals surface area (Å²) in [5, 5.41) is 3.44. The lowest BCUT2D eigenvalue weighted by molar-refractivity contribution is 0.380. The van der Waals surface area contributed by atoms with E-state index in [1.54, 1.807) is 20.4 Å². The van der Waals surface area contributed by atoms with Gasteiger partial charge in [0.05, 0.1) is 20.4 Å². The number of ether oxygens (including phenoxy) is 2. The predicted molar refractivity (Wildman–Crippen MR) is 57.3 cm³/mol. The molecule has 4 nitrogen and oxygen atoms in total. The first-order chi connectivity index (χ1) is 7.35. The highest BCUT2D eigenvalue weighted by molar-refractivity contribution is 5.37. The van der Waals surface area contributed by atoms with Gasteiger partial charge in [0.25, 0.3) is 0 Å². The molecule has 1 aliphatic heterocycles. The number of nitrogens with zero attached hydrogens (tertiary/aromatic N) is 1. The van der Waals surface area contributed by atoms with Crippen molar-refractivity contribution in [1.82, 2.24) is 10.3 Å². The monoisotopic (exact) mass is 208 g/mol. The number of methoxy groups -OCH3 is 2. The zero-order valence-corrected chi connectivity index (χ0v) is 9.12. The van der Waals surface area contributed by atoms with Crippen LogP contribution in [-0.4, -0.2) is 25.7 Å². The molecule has 1 N–H and O–H groups in total. The van der Waals surface area contributed by atoms with Crippen molar-refractivity contribution in [1.29, 1.82) is 0 Å². The topological polar surface area (TPSA) is 43.4 Å². The Labute approximate surface area is 89.6 Å². The van der Waals surface area contributed by atoms with Crippen molar-refractivity contribution in [3.63, 3.8) is 0 Å². The normalized spacial score (nSPS) is 20.3. The van der Waals surface area contributed by atoms with E-state index in [4.69, 9.17) is 9.47 Å². The van der Waals surface area contributed by atoms with Crippen molar-refractivity contribution in [2.75, 3.05) is 20.8 Å². The molecule has 0 radical (unpaired) electrons. The number of aromatic nitrogens is 1. The third-order valence-electron chi connectivity index (χ3n) is 2.74. The molecular formula is C11H16N2O2. The molecule has 0 spiro atoms. The first-order valence-corrected chi connectivity index (χ1v) is 5.16. The summed E-state index contributed by atoms with van der Waals surface area (Å²) in [6, 6.07) is 2.32. The van der Waals surface area contributed by atoms with Gasteiger partial charge in [0.1, 0.15) is 5.75 Å². The van der Waals surface area contributed by atoms with E-state index >= 15 is 0 Å². The minimum atomic E-state index is 0.372. The summed E-state index contributed by atoms with van der Waals surface area (Å²) in [6.45, 7) is 1.07. The number of nitrogens with one attached hydrogen (secondary N) is 1. The fraction of sp³-hybridized carbons (Fsp3) is 0.545. The molecule has 1 atom stereocenters. The Bertz CT molecular complexity index is 335. The van der Waals surface area contributed by atoms with E-state index in [-0.39, 0.29) is 0 Å². The number of rotatable bonds is 3. The molecule has 1 aromatic heterocycles. The van der Waals surface area contributed by atoms with Crippen LogP contribution >= 0.6 is 0 Å². The summed E-state index contributed by atoms with van der Waals surface area (Å²) < 4.78 is 10.4. The van der Waals surface area contributed by atoms with Crippen LogP contribution in [0.4, 0.5) is 0 Å². The zero-order chi connectivity index (χ0) is 10.7. The van der Waals surface area contributed by atoms with Gasteiger partial charge in [0.2, 0.25) is 5.88 Å². The summed E-state index contributed by atoms with van der Waals surface area (Å²) in [4.78, 5) is 4.13. The first-order valence-electron chi connectivity index (χ1n) is 5.16. The van der Waals surface area contributed by atoms with Gasteiger partial charge in [-0.25, -0.2) is 4.98 Å². The average Bonchev–Trinajstić information content (AvgIpc) is 2.81. The fourth-order valence-corrected chi connectivity index (χ4v) is 1.94. The third-order valence-corrected chi connectivity index (χ3v) is 2.74. The van der Waals surface area contributed by atoms with Gasteiger partial charge in [0.15, 0.2) is 0 Å². The Kier molecular flexibility index (Phi) is 3.06. The Morgan fingerprint density at radius 1 is 1.40 bits per heavy atom. The Hall–Kier alpha value is -1.29. The number of hydrogen-bond acceptors (Lipinski definition) is 4. The van der Waals surface area contributed by atoms with Crippen molar-refractivity contribution < 1.29 is 9.47 Å². The van der Waals surface area contributed by atoms with Gasteiger partial charge in [0, 0.05) is 17.7 Å². The molecule has 0 saturated carbocycles. The van der Waals surface area contributed by atoms with Gasteiger partial charge in [-0.3, -0.25) is 0 Å². The Balaban J connectivity index is 2.32. The molecule has 0 amide bonds. The number of hydrogen-bond donors (Lipinski definition) is 1. The maximum atomic E-state index is 5.30. The standard InChI is InChI=1S/C11H16N2O2/c1-14-10-7-13-11(15-2)6-8(10)9-4-3-5-12-9/h6-7,9,12H,3-5H2,1-2H3. The second-order valence-electron chi connectivity index (χ2n) is 3.62. The lowest BCUT2D eigenvalue weighted by Gasteiger charge is -2.15. The smallest absolute Gasteiger partial charge is 0.213 e. The highest BCUT2D eigenvalue weighted by Crippen LogP contribution is 2.32. The zero-order valence-electron chi connectivity index (χ0n) is 9.12. The van der Waals surface area contributed by atoms with Crippen LogP contribution in [0, 0.1) is 0 Å². The van der Waals surface area contributed by atoms with Crippen LogP contribution in [0.1, 0.15) is 24.4 Å². The van der Waals surface area contributed by atoms with Crippen LogP contribution in [0.15, 0.2) is 12.3 Å². The third kappa shape index (κ3) is 2.04. The maximum Gasteiger partial charge on any atom is 0.213 e. The summed E-state index contributed by atoms with van der Waals surface area (Å²) >= 11 is 0. The highest BCUT2D eigenvalue weighted by Gasteiger charge is 2.20. The van der Waals surface area contributed by atoms with Gasteiger partial charge < -0.3 is 14.8 Å². The predicted octanol–water partition coefficient (Wildman–Crippen LogP) is 1.52. The van der Waals surface area contributed by atoms with E-state index < -0.39 is 0 Å². The molecule has 0 aromatic carbocycles.